The number of nitrogens with zero attached hydrogens (tertiary/aromatic N) is 3. The first-order valence-electron chi connectivity index (χ1n) is 7.16. The molecule has 0 atom stereocenters. The Bertz CT molecular complexity index is 816. The molecule has 0 aliphatic rings. The van der Waals surface area contributed by atoms with E-state index in [-0.39, 0.29) is 6.03 Å². The normalized spacial score (nSPS) is 9.50. The molecule has 6 heteroatoms. The maximum absolute atomic E-state index is 12.3. The lowest BCUT2D eigenvalue weighted by Gasteiger charge is -2.19. The lowest BCUT2D eigenvalue weighted by molar-refractivity contribution is 0.220. The molecule has 2 aromatic rings. The van der Waals surface area contributed by atoms with Gasteiger partial charge in [-0.3, -0.25) is 0 Å². The van der Waals surface area contributed by atoms with Gasteiger partial charge in [-0.25, -0.2) is 4.79 Å². The van der Waals surface area contributed by atoms with E-state index in [1.165, 1.54) is 12.0 Å². The molecule has 120 valence electrons. The van der Waals surface area contributed by atoms with Crippen molar-refractivity contribution in [1.29, 1.82) is 10.5 Å². The Morgan fingerprint density at radius 2 is 1.75 bits per heavy atom. The molecule has 0 heterocycles. The van der Waals surface area contributed by atoms with Crippen LogP contribution in [0.15, 0.2) is 42.5 Å². The minimum atomic E-state index is -0.326. The summed E-state index contributed by atoms with van der Waals surface area (Å²) in [4.78, 5) is 13.8. The van der Waals surface area contributed by atoms with Gasteiger partial charge in [0.1, 0.15) is 5.75 Å². The van der Waals surface area contributed by atoms with Crippen molar-refractivity contribution in [2.24, 2.45) is 0 Å². The molecule has 24 heavy (non-hydrogen) atoms. The van der Waals surface area contributed by atoms with Crippen molar-refractivity contribution in [3.05, 3.63) is 59.2 Å². The molecule has 0 aliphatic carbocycles. The molecular formula is C18H16N4O2. The molecule has 0 saturated heterocycles. The number of nitrogens with one attached hydrogen (secondary N) is 1. The number of carbonyl (C=O) groups is 1. The van der Waals surface area contributed by atoms with Gasteiger partial charge in [-0.2, -0.15) is 10.5 Å². The third kappa shape index (κ3) is 4.02. The van der Waals surface area contributed by atoms with E-state index in [0.717, 1.165) is 5.56 Å². The zero-order valence-corrected chi connectivity index (χ0v) is 13.4. The van der Waals surface area contributed by atoms with Gasteiger partial charge in [0, 0.05) is 13.6 Å². The summed E-state index contributed by atoms with van der Waals surface area (Å²) in [6.07, 6.45) is 0. The zero-order valence-electron chi connectivity index (χ0n) is 13.4. The molecular weight excluding hydrogens is 304 g/mol. The SMILES string of the molecule is COc1ccc(C#N)cc1NC(=O)N(C)Cc1ccc(C#N)cc1. The molecule has 2 rings (SSSR count). The molecule has 0 saturated carbocycles. The van der Waals surface area contributed by atoms with E-state index in [9.17, 15) is 4.79 Å². The topological polar surface area (TPSA) is 89.2 Å². The van der Waals surface area contributed by atoms with Crippen molar-refractivity contribution in [3.8, 4) is 17.9 Å². The van der Waals surface area contributed by atoms with E-state index in [1.54, 1.807) is 49.5 Å². The fourth-order valence-corrected chi connectivity index (χ4v) is 2.12. The van der Waals surface area contributed by atoms with Crippen LogP contribution in [0.2, 0.25) is 0 Å². The van der Waals surface area contributed by atoms with Crippen LogP contribution in [-0.4, -0.2) is 25.1 Å². The first kappa shape index (κ1) is 16.9. The second-order valence-corrected chi connectivity index (χ2v) is 5.12. The van der Waals surface area contributed by atoms with Gasteiger partial charge < -0.3 is 15.0 Å². The van der Waals surface area contributed by atoms with E-state index < -0.39 is 0 Å². The molecule has 0 spiro atoms. The highest BCUT2D eigenvalue weighted by Crippen LogP contribution is 2.25. The van der Waals surface area contributed by atoms with Gasteiger partial charge in [-0.15, -0.1) is 0 Å². The number of urea groups is 1. The number of ether oxygens (including phenoxy) is 1. The third-order valence-electron chi connectivity index (χ3n) is 3.42. The first-order chi connectivity index (χ1) is 11.6. The summed E-state index contributed by atoms with van der Waals surface area (Å²) in [7, 11) is 3.16. The molecule has 0 unspecified atom stereocenters. The van der Waals surface area contributed by atoms with Crippen LogP contribution in [0.3, 0.4) is 0 Å². The molecule has 0 bridgehead atoms. The van der Waals surface area contributed by atoms with Crippen molar-refractivity contribution in [2.75, 3.05) is 19.5 Å². The Hall–Kier alpha value is -3.51. The maximum atomic E-state index is 12.3. The lowest BCUT2D eigenvalue weighted by atomic mass is 10.1. The Morgan fingerprint density at radius 1 is 1.12 bits per heavy atom. The molecule has 0 radical (unpaired) electrons. The number of rotatable bonds is 4. The Morgan fingerprint density at radius 3 is 2.33 bits per heavy atom. The fraction of sp³-hybridized carbons (Fsp3) is 0.167. The molecule has 0 aliphatic heterocycles. The summed E-state index contributed by atoms with van der Waals surface area (Å²) >= 11 is 0. The van der Waals surface area contributed by atoms with Gasteiger partial charge in [0.2, 0.25) is 0 Å². The van der Waals surface area contributed by atoms with Gasteiger partial charge in [-0.05, 0) is 35.9 Å². The maximum Gasteiger partial charge on any atom is 0.321 e. The second kappa shape index (κ2) is 7.66. The van der Waals surface area contributed by atoms with E-state index >= 15 is 0 Å². The number of amides is 2. The second-order valence-electron chi connectivity index (χ2n) is 5.12. The van der Waals surface area contributed by atoms with Crippen LogP contribution >= 0.6 is 0 Å². The Kier molecular flexibility index (Phi) is 5.38. The molecule has 2 amide bonds. The standard InChI is InChI=1S/C18H16N4O2/c1-22(12-14-5-3-13(10-19)4-6-14)18(23)21-16-9-15(11-20)7-8-17(16)24-2/h3-9H,12H2,1-2H3,(H,21,23). The number of benzene rings is 2. The summed E-state index contributed by atoms with van der Waals surface area (Å²) in [5.41, 5.74) is 2.35. The van der Waals surface area contributed by atoms with Crippen molar-refractivity contribution in [2.45, 2.75) is 6.54 Å². The fourth-order valence-electron chi connectivity index (χ4n) is 2.12. The smallest absolute Gasteiger partial charge is 0.321 e. The van der Waals surface area contributed by atoms with Crippen LogP contribution in [-0.2, 0) is 6.54 Å². The van der Waals surface area contributed by atoms with Crippen LogP contribution in [0, 0.1) is 22.7 Å². The van der Waals surface area contributed by atoms with Gasteiger partial charge >= 0.3 is 6.03 Å². The number of hydrogen-bond acceptors (Lipinski definition) is 4. The van der Waals surface area contributed by atoms with Crippen LogP contribution in [0.25, 0.3) is 0 Å². The van der Waals surface area contributed by atoms with Crippen LogP contribution in [0.4, 0.5) is 10.5 Å². The summed E-state index contributed by atoms with van der Waals surface area (Å²) in [6, 6.07) is 15.6. The van der Waals surface area contributed by atoms with Gasteiger partial charge in [0.15, 0.2) is 0 Å². The average Bonchev–Trinajstić information content (AvgIpc) is 2.62. The summed E-state index contributed by atoms with van der Waals surface area (Å²) in [5, 5.41) is 20.5. The summed E-state index contributed by atoms with van der Waals surface area (Å²) in [6.45, 7) is 0.387. The molecule has 2 aromatic carbocycles. The van der Waals surface area contributed by atoms with E-state index in [0.29, 0.717) is 29.1 Å². The van der Waals surface area contributed by atoms with Gasteiger partial charge in [0.25, 0.3) is 0 Å². The predicted molar refractivity (Wildman–Crippen MR) is 89.4 cm³/mol. The summed E-state index contributed by atoms with van der Waals surface area (Å²) in [5.74, 6) is 0.481. The average molecular weight is 320 g/mol. The van der Waals surface area contributed by atoms with Crippen LogP contribution in [0.1, 0.15) is 16.7 Å². The molecule has 0 fully saturated rings. The summed E-state index contributed by atoms with van der Waals surface area (Å²) < 4.78 is 5.20. The van der Waals surface area contributed by atoms with Crippen LogP contribution in [0.5, 0.6) is 5.75 Å². The number of methoxy groups -OCH3 is 1. The molecule has 1 N–H and O–H groups in total. The first-order valence-corrected chi connectivity index (χ1v) is 7.16. The highest BCUT2D eigenvalue weighted by atomic mass is 16.5. The lowest BCUT2D eigenvalue weighted by Crippen LogP contribution is -2.31. The van der Waals surface area contributed by atoms with Crippen molar-refractivity contribution >= 4 is 11.7 Å². The zero-order chi connectivity index (χ0) is 17.5. The minimum absolute atomic E-state index is 0.326. The number of anilines is 1. The Balaban J connectivity index is 2.08. The largest absolute Gasteiger partial charge is 0.495 e. The van der Waals surface area contributed by atoms with Crippen LogP contribution < -0.4 is 10.1 Å². The van der Waals surface area contributed by atoms with Gasteiger partial charge in [0.05, 0.1) is 36.1 Å². The number of nitriles is 2. The highest BCUT2D eigenvalue weighted by Gasteiger charge is 2.13. The monoisotopic (exact) mass is 320 g/mol. The quantitative estimate of drug-likeness (QED) is 0.937. The predicted octanol–water partition coefficient (Wildman–Crippen LogP) is 3.10. The number of hydrogen-bond donors (Lipinski definition) is 1. The van der Waals surface area contributed by atoms with Gasteiger partial charge in [-0.1, -0.05) is 12.1 Å². The minimum Gasteiger partial charge on any atom is -0.495 e. The highest BCUT2D eigenvalue weighted by molar-refractivity contribution is 5.91. The van der Waals surface area contributed by atoms with E-state index in [4.69, 9.17) is 15.3 Å². The van der Waals surface area contributed by atoms with Crippen molar-refractivity contribution < 1.29 is 9.53 Å². The third-order valence-corrected chi connectivity index (χ3v) is 3.42. The number of carbonyl (C=O) groups excluding carboxylic acids is 1. The van der Waals surface area contributed by atoms with E-state index in [2.05, 4.69) is 11.4 Å². The van der Waals surface area contributed by atoms with E-state index in [1.807, 2.05) is 6.07 Å². The van der Waals surface area contributed by atoms with Crippen molar-refractivity contribution in [3.63, 3.8) is 0 Å². The molecule has 0 aromatic heterocycles. The Labute approximate surface area is 140 Å². The van der Waals surface area contributed by atoms with Crippen molar-refractivity contribution in [1.82, 2.24) is 4.90 Å². The molecule has 6 nitrogen and oxygen atoms in total.